The van der Waals surface area contributed by atoms with Gasteiger partial charge < -0.3 is 10.5 Å². The molecule has 0 aliphatic rings. The van der Waals surface area contributed by atoms with Crippen LogP contribution in [0.15, 0.2) is 4.99 Å². The lowest BCUT2D eigenvalue weighted by Gasteiger charge is -1.98. The number of nitrogens with zero attached hydrogens (tertiary/aromatic N) is 1. The summed E-state index contributed by atoms with van der Waals surface area (Å²) in [6.45, 7) is 1.98. The molecule has 0 unspecified atom stereocenters. The second-order valence-corrected chi connectivity index (χ2v) is 1.71. The summed E-state index contributed by atoms with van der Waals surface area (Å²) in [5, 5.41) is 0. The van der Waals surface area contributed by atoms with Crippen molar-refractivity contribution in [2.45, 2.75) is 13.3 Å². The molecule has 0 atom stereocenters. The molecule has 0 rings (SSSR count). The number of amidine groups is 1. The van der Waals surface area contributed by atoms with E-state index in [1.807, 2.05) is 0 Å². The Bertz CT molecular complexity index is 177. The van der Waals surface area contributed by atoms with E-state index in [-0.39, 0.29) is 18.7 Å². The van der Waals surface area contributed by atoms with Crippen LogP contribution in [0.5, 0.6) is 0 Å². The van der Waals surface area contributed by atoms with E-state index in [0.717, 1.165) is 0 Å². The predicted octanol–water partition coefficient (Wildman–Crippen LogP) is -0.547. The van der Waals surface area contributed by atoms with E-state index >= 15 is 0 Å². The van der Waals surface area contributed by atoms with Gasteiger partial charge in [0, 0.05) is 0 Å². The van der Waals surface area contributed by atoms with Gasteiger partial charge in [-0.05, 0) is 6.92 Å². The van der Waals surface area contributed by atoms with E-state index < -0.39 is 5.97 Å². The lowest BCUT2D eigenvalue weighted by molar-refractivity contribution is -0.141. The van der Waals surface area contributed by atoms with Crippen molar-refractivity contribution in [3.05, 3.63) is 0 Å². The highest BCUT2D eigenvalue weighted by Crippen LogP contribution is 1.85. The van der Waals surface area contributed by atoms with Gasteiger partial charge in [-0.25, -0.2) is 4.99 Å². The summed E-state index contributed by atoms with van der Waals surface area (Å²) in [5.41, 5.74) is 5.13. The summed E-state index contributed by atoms with van der Waals surface area (Å²) in [6, 6.07) is 0. The van der Waals surface area contributed by atoms with Gasteiger partial charge in [0.05, 0.1) is 6.61 Å². The highest BCUT2D eigenvalue weighted by atomic mass is 16.5. The number of nitrogens with two attached hydrogens (primary N) is 1. The Morgan fingerprint density at radius 3 is 2.82 bits per heavy atom. The van der Waals surface area contributed by atoms with Crippen LogP contribution in [-0.4, -0.2) is 24.8 Å². The molecule has 62 valence electrons. The molecule has 0 heterocycles. The molecule has 0 aromatic carbocycles. The average Bonchev–Trinajstić information content (AvgIpc) is 1.87. The first-order chi connectivity index (χ1) is 5.20. The molecular weight excluding hydrogens is 148 g/mol. The molecule has 1 amide bonds. The van der Waals surface area contributed by atoms with Crippen molar-refractivity contribution in [2.75, 3.05) is 6.61 Å². The Hall–Kier alpha value is -1.39. The van der Waals surface area contributed by atoms with Gasteiger partial charge in [0.15, 0.2) is 0 Å². The zero-order valence-corrected chi connectivity index (χ0v) is 6.24. The van der Waals surface area contributed by atoms with Gasteiger partial charge in [0.2, 0.25) is 6.41 Å². The van der Waals surface area contributed by atoms with Crippen LogP contribution in [-0.2, 0) is 14.3 Å². The third kappa shape index (κ3) is 5.07. The average molecular weight is 158 g/mol. The molecule has 0 aliphatic carbocycles. The fourth-order valence-corrected chi connectivity index (χ4v) is 0.473. The molecule has 0 fully saturated rings. The molecule has 5 nitrogen and oxygen atoms in total. The first-order valence-electron chi connectivity index (χ1n) is 3.12. The van der Waals surface area contributed by atoms with Crippen molar-refractivity contribution in [3.63, 3.8) is 0 Å². The highest BCUT2D eigenvalue weighted by Gasteiger charge is 2.03. The number of hydrogen-bond acceptors (Lipinski definition) is 3. The summed E-state index contributed by atoms with van der Waals surface area (Å²) < 4.78 is 4.54. The van der Waals surface area contributed by atoms with Crippen LogP contribution in [0.2, 0.25) is 0 Å². The Kier molecular flexibility index (Phi) is 4.72. The van der Waals surface area contributed by atoms with Crippen LogP contribution in [0, 0.1) is 0 Å². The molecule has 0 aromatic rings. The number of esters is 1. The molecule has 0 bridgehead atoms. The smallest absolute Gasteiger partial charge is 0.313 e. The van der Waals surface area contributed by atoms with Gasteiger partial charge in [-0.1, -0.05) is 0 Å². The number of hydrogen-bond donors (Lipinski definition) is 1. The molecule has 0 spiro atoms. The van der Waals surface area contributed by atoms with E-state index in [2.05, 4.69) is 9.73 Å². The summed E-state index contributed by atoms with van der Waals surface area (Å²) >= 11 is 0. The molecule has 11 heavy (non-hydrogen) atoms. The van der Waals surface area contributed by atoms with Crippen molar-refractivity contribution in [3.8, 4) is 0 Å². The quantitative estimate of drug-likeness (QED) is 0.257. The minimum atomic E-state index is -0.476. The second kappa shape index (κ2) is 5.40. The van der Waals surface area contributed by atoms with Gasteiger partial charge >= 0.3 is 5.97 Å². The fourth-order valence-electron chi connectivity index (χ4n) is 0.473. The number of ether oxygens (including phenoxy) is 1. The minimum Gasteiger partial charge on any atom is -0.466 e. The third-order valence-electron chi connectivity index (χ3n) is 0.849. The molecule has 0 radical (unpaired) electrons. The van der Waals surface area contributed by atoms with E-state index in [0.29, 0.717) is 6.61 Å². The van der Waals surface area contributed by atoms with Crippen LogP contribution in [0.25, 0.3) is 0 Å². The first-order valence-corrected chi connectivity index (χ1v) is 3.12. The Morgan fingerprint density at radius 1 is 1.73 bits per heavy atom. The van der Waals surface area contributed by atoms with Crippen molar-refractivity contribution in [2.24, 2.45) is 10.7 Å². The summed E-state index contributed by atoms with van der Waals surface area (Å²) in [4.78, 5) is 23.5. The Balaban J connectivity index is 3.74. The SMILES string of the molecule is CCOC(=O)CC(N)=NC=O. The Morgan fingerprint density at radius 2 is 2.36 bits per heavy atom. The number of aliphatic imine (C=N–C) groups is 1. The molecule has 0 saturated heterocycles. The molecule has 5 heteroatoms. The van der Waals surface area contributed by atoms with Gasteiger partial charge in [0.1, 0.15) is 12.3 Å². The lowest BCUT2D eigenvalue weighted by atomic mass is 10.4. The molecule has 0 saturated carbocycles. The van der Waals surface area contributed by atoms with Crippen molar-refractivity contribution in [1.82, 2.24) is 0 Å². The maximum absolute atomic E-state index is 10.6. The summed E-state index contributed by atoms with van der Waals surface area (Å²) in [7, 11) is 0. The van der Waals surface area contributed by atoms with Crippen LogP contribution in [0.1, 0.15) is 13.3 Å². The standard InChI is InChI=1S/C6H10N2O3/c1-2-11-6(10)3-5(7)8-4-9/h4H,2-3H2,1H3,(H2,7,8,9). The largest absolute Gasteiger partial charge is 0.466 e. The summed E-state index contributed by atoms with van der Waals surface area (Å²) in [6.07, 6.45) is 0.154. The molecule has 2 N–H and O–H groups in total. The van der Waals surface area contributed by atoms with Crippen LogP contribution >= 0.6 is 0 Å². The zero-order chi connectivity index (χ0) is 8.69. The van der Waals surface area contributed by atoms with Gasteiger partial charge in [0.25, 0.3) is 0 Å². The van der Waals surface area contributed by atoms with Crippen molar-refractivity contribution < 1.29 is 14.3 Å². The van der Waals surface area contributed by atoms with E-state index in [1.165, 1.54) is 0 Å². The van der Waals surface area contributed by atoms with Crippen LogP contribution < -0.4 is 5.73 Å². The van der Waals surface area contributed by atoms with Gasteiger partial charge in [-0.3, -0.25) is 9.59 Å². The number of rotatable bonds is 4. The first kappa shape index (κ1) is 9.61. The molecular formula is C6H10N2O3. The number of amides is 1. The summed E-state index contributed by atoms with van der Waals surface area (Å²) in [5.74, 6) is -0.506. The lowest BCUT2D eigenvalue weighted by Crippen LogP contribution is -2.18. The van der Waals surface area contributed by atoms with Crippen molar-refractivity contribution in [1.29, 1.82) is 0 Å². The maximum Gasteiger partial charge on any atom is 0.313 e. The topological polar surface area (TPSA) is 81.8 Å². The number of carbonyl (C=O) groups excluding carboxylic acids is 2. The minimum absolute atomic E-state index is 0.0292. The highest BCUT2D eigenvalue weighted by molar-refractivity contribution is 5.99. The number of carbonyl (C=O) groups is 2. The fraction of sp³-hybridized carbons (Fsp3) is 0.500. The van der Waals surface area contributed by atoms with Crippen LogP contribution in [0.3, 0.4) is 0 Å². The van der Waals surface area contributed by atoms with E-state index in [9.17, 15) is 9.59 Å². The van der Waals surface area contributed by atoms with E-state index in [4.69, 9.17) is 5.73 Å². The Labute approximate surface area is 64.2 Å². The van der Waals surface area contributed by atoms with Gasteiger partial charge in [-0.2, -0.15) is 0 Å². The third-order valence-corrected chi connectivity index (χ3v) is 0.849. The predicted molar refractivity (Wildman–Crippen MR) is 38.9 cm³/mol. The van der Waals surface area contributed by atoms with Crippen molar-refractivity contribution >= 4 is 18.2 Å². The maximum atomic E-state index is 10.6. The monoisotopic (exact) mass is 158 g/mol. The zero-order valence-electron chi connectivity index (χ0n) is 6.24. The van der Waals surface area contributed by atoms with E-state index in [1.54, 1.807) is 6.92 Å². The van der Waals surface area contributed by atoms with Gasteiger partial charge in [-0.15, -0.1) is 0 Å². The van der Waals surface area contributed by atoms with Crippen LogP contribution in [0.4, 0.5) is 0 Å². The second-order valence-electron chi connectivity index (χ2n) is 1.71. The molecule has 0 aliphatic heterocycles. The normalized spacial score (nSPS) is 10.8. The molecule has 0 aromatic heterocycles.